The molecule has 2 N–H and O–H groups in total. The van der Waals surface area contributed by atoms with Crippen molar-refractivity contribution in [3.8, 4) is 5.75 Å². The highest BCUT2D eigenvalue weighted by atomic mass is 19.1. The molecule has 0 saturated carbocycles. The number of nitrogens with zero attached hydrogens (tertiary/aromatic N) is 4. The summed E-state index contributed by atoms with van der Waals surface area (Å²) in [4.78, 5) is 25.6. The number of imidazole rings is 1. The number of fused-ring (bicyclic) bond motifs is 1. The summed E-state index contributed by atoms with van der Waals surface area (Å²) in [6.07, 6.45) is 5.96. The second-order valence-corrected chi connectivity index (χ2v) is 7.84. The van der Waals surface area contributed by atoms with Gasteiger partial charge in [-0.1, -0.05) is 12.1 Å². The molecule has 1 fully saturated rings. The van der Waals surface area contributed by atoms with Gasteiger partial charge in [0.05, 0.1) is 24.7 Å². The van der Waals surface area contributed by atoms with E-state index in [1.807, 2.05) is 4.57 Å². The Labute approximate surface area is 195 Å². The summed E-state index contributed by atoms with van der Waals surface area (Å²) in [7, 11) is 1.49. The molecule has 0 radical (unpaired) electrons. The van der Waals surface area contributed by atoms with E-state index in [9.17, 15) is 9.18 Å². The third kappa shape index (κ3) is 4.27. The van der Waals surface area contributed by atoms with E-state index in [1.165, 1.54) is 25.6 Å². The van der Waals surface area contributed by atoms with Crippen LogP contribution in [0.1, 0.15) is 35.8 Å². The van der Waals surface area contributed by atoms with Gasteiger partial charge in [0.25, 0.3) is 5.91 Å². The number of benzene rings is 2. The molecule has 0 bridgehead atoms. The van der Waals surface area contributed by atoms with Crippen molar-refractivity contribution in [2.24, 2.45) is 0 Å². The van der Waals surface area contributed by atoms with Crippen LogP contribution in [0, 0.1) is 5.82 Å². The van der Waals surface area contributed by atoms with Gasteiger partial charge in [0.1, 0.15) is 24.1 Å². The zero-order chi connectivity index (χ0) is 23.5. The minimum Gasteiger partial charge on any atom is -0.496 e. The SMILES string of the molecule is COc1ccccc1C(=O)Nc1ccc(Nc2ncnc3c2ncn3C2CCCCO2)c(F)c1. The number of amides is 1. The molecule has 1 atom stereocenters. The van der Waals surface area contributed by atoms with Crippen molar-refractivity contribution in [2.75, 3.05) is 24.4 Å². The monoisotopic (exact) mass is 462 g/mol. The maximum atomic E-state index is 14.9. The van der Waals surface area contributed by atoms with Crippen molar-refractivity contribution in [1.29, 1.82) is 0 Å². The van der Waals surface area contributed by atoms with E-state index >= 15 is 0 Å². The van der Waals surface area contributed by atoms with Gasteiger partial charge >= 0.3 is 0 Å². The van der Waals surface area contributed by atoms with Crippen molar-refractivity contribution in [1.82, 2.24) is 19.5 Å². The molecule has 9 nitrogen and oxygen atoms in total. The molecule has 1 saturated heterocycles. The number of para-hydroxylation sites is 1. The summed E-state index contributed by atoms with van der Waals surface area (Å²) in [5, 5.41) is 5.68. The van der Waals surface area contributed by atoms with Crippen molar-refractivity contribution in [3.05, 3.63) is 66.5 Å². The molecule has 1 amide bonds. The number of hydrogen-bond acceptors (Lipinski definition) is 7. The Morgan fingerprint density at radius 1 is 1.18 bits per heavy atom. The first-order valence-corrected chi connectivity index (χ1v) is 10.9. The summed E-state index contributed by atoms with van der Waals surface area (Å²) in [6.45, 7) is 0.700. The summed E-state index contributed by atoms with van der Waals surface area (Å²) < 4.78 is 27.8. The Hall–Kier alpha value is -4.05. The second-order valence-electron chi connectivity index (χ2n) is 7.84. The van der Waals surface area contributed by atoms with Crippen LogP contribution in [0.2, 0.25) is 0 Å². The smallest absolute Gasteiger partial charge is 0.259 e. The largest absolute Gasteiger partial charge is 0.496 e. The molecule has 2 aromatic carbocycles. The molecule has 1 aliphatic rings. The third-order valence-corrected chi connectivity index (χ3v) is 5.66. The van der Waals surface area contributed by atoms with Crippen molar-refractivity contribution in [2.45, 2.75) is 25.5 Å². The molecular weight excluding hydrogens is 439 g/mol. The standard InChI is InChI=1S/C24H23FN6O3/c1-33-19-7-3-2-6-16(19)24(32)29-15-9-10-18(17(25)12-15)30-22-21-23(27-13-26-22)31(14-28-21)20-8-4-5-11-34-20/h2-3,6-7,9-10,12-14,20H,4-5,8,11H2,1H3,(H,29,32)(H,26,27,30). The number of rotatable bonds is 6. The van der Waals surface area contributed by atoms with E-state index in [-0.39, 0.29) is 11.9 Å². The zero-order valence-electron chi connectivity index (χ0n) is 18.5. The van der Waals surface area contributed by atoms with Crippen LogP contribution < -0.4 is 15.4 Å². The second kappa shape index (κ2) is 9.44. The summed E-state index contributed by atoms with van der Waals surface area (Å²) in [6, 6.07) is 11.2. The van der Waals surface area contributed by atoms with E-state index in [0.717, 1.165) is 19.3 Å². The number of methoxy groups -OCH3 is 1. The quantitative estimate of drug-likeness (QED) is 0.429. The van der Waals surface area contributed by atoms with Crippen molar-refractivity contribution in [3.63, 3.8) is 0 Å². The molecule has 5 rings (SSSR count). The van der Waals surface area contributed by atoms with Gasteiger partial charge in [0, 0.05) is 12.3 Å². The summed E-state index contributed by atoms with van der Waals surface area (Å²) in [5.41, 5.74) is 1.99. The van der Waals surface area contributed by atoms with Gasteiger partial charge in [-0.05, 0) is 49.6 Å². The van der Waals surface area contributed by atoms with Crippen LogP contribution >= 0.6 is 0 Å². The van der Waals surface area contributed by atoms with E-state index < -0.39 is 11.7 Å². The topological polar surface area (TPSA) is 103 Å². The molecule has 1 unspecified atom stereocenters. The van der Waals surface area contributed by atoms with Crippen LogP contribution in [0.5, 0.6) is 5.75 Å². The summed E-state index contributed by atoms with van der Waals surface area (Å²) in [5.74, 6) is -0.140. The number of ether oxygens (including phenoxy) is 2. The predicted molar refractivity (Wildman–Crippen MR) is 125 cm³/mol. The Kier molecular flexibility index (Phi) is 6.05. The molecule has 4 aromatic rings. The number of halogens is 1. The highest BCUT2D eigenvalue weighted by molar-refractivity contribution is 6.06. The van der Waals surface area contributed by atoms with Crippen molar-refractivity contribution >= 4 is 34.3 Å². The highest BCUT2D eigenvalue weighted by Crippen LogP contribution is 2.30. The molecule has 174 valence electrons. The fraction of sp³-hybridized carbons (Fsp3) is 0.250. The number of carbonyl (C=O) groups excluding carboxylic acids is 1. The first-order chi connectivity index (χ1) is 16.6. The van der Waals surface area contributed by atoms with Crippen LogP contribution in [0.4, 0.5) is 21.6 Å². The molecule has 2 aromatic heterocycles. The molecule has 3 heterocycles. The molecule has 34 heavy (non-hydrogen) atoms. The maximum Gasteiger partial charge on any atom is 0.259 e. The number of aromatic nitrogens is 4. The Balaban J connectivity index is 1.35. The first kappa shape index (κ1) is 21.8. The van der Waals surface area contributed by atoms with Gasteiger partial charge in [-0.15, -0.1) is 0 Å². The Morgan fingerprint density at radius 3 is 2.85 bits per heavy atom. The average molecular weight is 462 g/mol. The van der Waals surface area contributed by atoms with E-state index in [4.69, 9.17) is 9.47 Å². The lowest BCUT2D eigenvalue weighted by Crippen LogP contribution is -2.17. The molecule has 1 aliphatic heterocycles. The zero-order valence-corrected chi connectivity index (χ0v) is 18.5. The summed E-state index contributed by atoms with van der Waals surface area (Å²) >= 11 is 0. The van der Waals surface area contributed by atoms with Crippen LogP contribution in [0.3, 0.4) is 0 Å². The fourth-order valence-electron chi connectivity index (χ4n) is 3.95. The van der Waals surface area contributed by atoms with Gasteiger partial charge in [-0.2, -0.15) is 0 Å². The lowest BCUT2D eigenvalue weighted by molar-refractivity contribution is -0.0298. The maximum absolute atomic E-state index is 14.9. The van der Waals surface area contributed by atoms with Crippen LogP contribution in [0.25, 0.3) is 11.2 Å². The number of nitrogens with one attached hydrogen (secondary N) is 2. The number of anilines is 3. The van der Waals surface area contributed by atoms with Gasteiger partial charge < -0.3 is 20.1 Å². The molecule has 10 heteroatoms. The fourth-order valence-corrected chi connectivity index (χ4v) is 3.95. The number of carbonyl (C=O) groups is 1. The van der Waals surface area contributed by atoms with E-state index in [2.05, 4.69) is 25.6 Å². The first-order valence-electron chi connectivity index (χ1n) is 10.9. The van der Waals surface area contributed by atoms with Crippen LogP contribution in [-0.4, -0.2) is 39.1 Å². The van der Waals surface area contributed by atoms with Crippen LogP contribution in [-0.2, 0) is 4.74 Å². The Bertz CT molecular complexity index is 1340. The van der Waals surface area contributed by atoms with E-state index in [0.29, 0.717) is 40.6 Å². The number of hydrogen-bond donors (Lipinski definition) is 2. The van der Waals surface area contributed by atoms with Gasteiger partial charge in [0.15, 0.2) is 17.0 Å². The molecule has 0 spiro atoms. The normalized spacial score (nSPS) is 15.8. The van der Waals surface area contributed by atoms with E-state index in [1.54, 1.807) is 36.7 Å². The third-order valence-electron chi connectivity index (χ3n) is 5.66. The van der Waals surface area contributed by atoms with Crippen molar-refractivity contribution < 1.29 is 18.7 Å². The molecule has 0 aliphatic carbocycles. The lowest BCUT2D eigenvalue weighted by Gasteiger charge is -2.23. The van der Waals surface area contributed by atoms with Gasteiger partial charge in [0.2, 0.25) is 0 Å². The van der Waals surface area contributed by atoms with Gasteiger partial charge in [-0.3, -0.25) is 9.36 Å². The minimum atomic E-state index is -0.556. The highest BCUT2D eigenvalue weighted by Gasteiger charge is 2.20. The predicted octanol–water partition coefficient (Wildman–Crippen LogP) is 4.67. The average Bonchev–Trinajstić information content (AvgIpc) is 3.31. The van der Waals surface area contributed by atoms with Gasteiger partial charge in [-0.25, -0.2) is 19.3 Å². The molecular formula is C24H23FN6O3. The lowest BCUT2D eigenvalue weighted by atomic mass is 10.1. The Morgan fingerprint density at radius 2 is 2.06 bits per heavy atom. The minimum absolute atomic E-state index is 0.121. The van der Waals surface area contributed by atoms with Crippen LogP contribution in [0.15, 0.2) is 55.1 Å².